The van der Waals surface area contributed by atoms with Crippen molar-refractivity contribution in [2.24, 2.45) is 0 Å². The fourth-order valence-electron chi connectivity index (χ4n) is 0.942. The first-order valence-electron chi connectivity index (χ1n) is 4.07. The van der Waals surface area contributed by atoms with Gasteiger partial charge in [-0.15, -0.1) is 6.58 Å². The van der Waals surface area contributed by atoms with E-state index < -0.39 is 0 Å². The van der Waals surface area contributed by atoms with E-state index in [0.29, 0.717) is 5.56 Å². The summed E-state index contributed by atoms with van der Waals surface area (Å²) >= 11 is 0. The molecule has 66 valence electrons. The van der Waals surface area contributed by atoms with Crippen molar-refractivity contribution in [2.75, 3.05) is 11.9 Å². The molecule has 3 nitrogen and oxygen atoms in total. The first-order valence-corrected chi connectivity index (χ1v) is 4.07. The molecule has 1 heterocycles. The Morgan fingerprint density at radius 1 is 1.69 bits per heavy atom. The van der Waals surface area contributed by atoms with Crippen LogP contribution in [0.25, 0.3) is 0 Å². The number of hydrogen-bond donors (Lipinski definition) is 1. The average molecular weight is 173 g/mol. The van der Waals surface area contributed by atoms with Crippen LogP contribution in [0.3, 0.4) is 0 Å². The van der Waals surface area contributed by atoms with Gasteiger partial charge in [0, 0.05) is 12.7 Å². The van der Waals surface area contributed by atoms with Gasteiger partial charge in [-0.05, 0) is 12.5 Å². The molecule has 1 aromatic rings. The molecule has 0 amide bonds. The Morgan fingerprint density at radius 3 is 3.23 bits per heavy atom. The van der Waals surface area contributed by atoms with E-state index in [1.165, 1.54) is 0 Å². The van der Waals surface area contributed by atoms with Crippen molar-refractivity contribution in [3.63, 3.8) is 0 Å². The fourth-order valence-corrected chi connectivity index (χ4v) is 0.942. The molecule has 0 bridgehead atoms. The summed E-state index contributed by atoms with van der Waals surface area (Å²) in [6.45, 7) is 4.40. The van der Waals surface area contributed by atoms with Crippen LogP contribution >= 0.6 is 0 Å². The maximum atomic E-state index is 8.74. The van der Waals surface area contributed by atoms with Gasteiger partial charge in [0.25, 0.3) is 0 Å². The van der Waals surface area contributed by atoms with Gasteiger partial charge >= 0.3 is 0 Å². The summed E-state index contributed by atoms with van der Waals surface area (Å²) < 4.78 is 0. The number of anilines is 1. The number of hydrogen-bond acceptors (Lipinski definition) is 3. The lowest BCUT2D eigenvalue weighted by Crippen LogP contribution is -2.02. The Hall–Kier alpha value is -1.82. The molecular weight excluding hydrogens is 162 g/mol. The van der Waals surface area contributed by atoms with E-state index >= 15 is 0 Å². The second-order valence-electron chi connectivity index (χ2n) is 2.54. The maximum Gasteiger partial charge on any atom is 0.101 e. The van der Waals surface area contributed by atoms with Crippen LogP contribution in [0.1, 0.15) is 12.0 Å². The number of nitrogens with one attached hydrogen (secondary N) is 1. The average Bonchev–Trinajstić information content (AvgIpc) is 2.19. The van der Waals surface area contributed by atoms with Crippen LogP contribution in [-0.2, 0) is 0 Å². The number of rotatable bonds is 4. The molecule has 1 aromatic heterocycles. The highest BCUT2D eigenvalue weighted by Crippen LogP contribution is 2.11. The summed E-state index contributed by atoms with van der Waals surface area (Å²) in [5.74, 6) is 0. The van der Waals surface area contributed by atoms with Crippen molar-refractivity contribution in [2.45, 2.75) is 6.42 Å². The summed E-state index contributed by atoms with van der Waals surface area (Å²) in [6.07, 6.45) is 5.97. The topological polar surface area (TPSA) is 48.7 Å². The minimum Gasteiger partial charge on any atom is -0.382 e. The molecule has 0 spiro atoms. The standard InChI is InChI=1S/C10H11N3/c1-2-3-5-13-10-8-12-6-4-9(10)7-11/h2,4,6,8,13H,1,3,5H2. The Bertz CT molecular complexity index is 325. The van der Waals surface area contributed by atoms with Gasteiger partial charge in [-0.3, -0.25) is 4.98 Å². The fraction of sp³-hybridized carbons (Fsp3) is 0.200. The maximum absolute atomic E-state index is 8.74. The van der Waals surface area contributed by atoms with Gasteiger partial charge < -0.3 is 5.32 Å². The molecule has 0 aromatic carbocycles. The predicted molar refractivity (Wildman–Crippen MR) is 52.3 cm³/mol. The van der Waals surface area contributed by atoms with Crippen molar-refractivity contribution in [3.8, 4) is 6.07 Å². The van der Waals surface area contributed by atoms with E-state index in [1.807, 2.05) is 6.08 Å². The van der Waals surface area contributed by atoms with Gasteiger partial charge in [0.15, 0.2) is 0 Å². The quantitative estimate of drug-likeness (QED) is 0.559. The molecule has 0 fully saturated rings. The Balaban J connectivity index is 2.65. The summed E-state index contributed by atoms with van der Waals surface area (Å²) in [5, 5.41) is 11.8. The molecule has 0 aliphatic carbocycles. The van der Waals surface area contributed by atoms with E-state index in [9.17, 15) is 0 Å². The summed E-state index contributed by atoms with van der Waals surface area (Å²) in [6, 6.07) is 3.78. The Labute approximate surface area is 77.7 Å². The van der Waals surface area contributed by atoms with Gasteiger partial charge in [0.2, 0.25) is 0 Å². The monoisotopic (exact) mass is 173 g/mol. The van der Waals surface area contributed by atoms with Crippen molar-refractivity contribution >= 4 is 5.69 Å². The number of nitrogens with zero attached hydrogens (tertiary/aromatic N) is 2. The second-order valence-corrected chi connectivity index (χ2v) is 2.54. The molecule has 0 aliphatic heterocycles. The van der Waals surface area contributed by atoms with Gasteiger partial charge in [0.05, 0.1) is 17.4 Å². The molecule has 1 N–H and O–H groups in total. The third-order valence-electron chi connectivity index (χ3n) is 1.61. The molecular formula is C10H11N3. The highest BCUT2D eigenvalue weighted by atomic mass is 14.9. The Kier molecular flexibility index (Phi) is 3.52. The summed E-state index contributed by atoms with van der Waals surface area (Å²) in [7, 11) is 0. The van der Waals surface area contributed by atoms with Crippen LogP contribution < -0.4 is 5.32 Å². The Morgan fingerprint density at radius 2 is 2.54 bits per heavy atom. The zero-order valence-corrected chi connectivity index (χ0v) is 7.33. The molecule has 0 aliphatic rings. The van der Waals surface area contributed by atoms with Crippen molar-refractivity contribution in [1.29, 1.82) is 5.26 Å². The number of aromatic nitrogens is 1. The minimum atomic E-state index is 0.624. The lowest BCUT2D eigenvalue weighted by Gasteiger charge is -2.04. The highest BCUT2D eigenvalue weighted by molar-refractivity contribution is 5.55. The predicted octanol–water partition coefficient (Wildman–Crippen LogP) is 1.94. The lowest BCUT2D eigenvalue weighted by molar-refractivity contribution is 1.06. The third kappa shape index (κ3) is 2.60. The van der Waals surface area contributed by atoms with E-state index in [0.717, 1.165) is 18.7 Å². The van der Waals surface area contributed by atoms with Crippen molar-refractivity contribution in [1.82, 2.24) is 4.98 Å². The molecule has 1 rings (SSSR count). The van der Waals surface area contributed by atoms with Crippen LogP contribution in [0.4, 0.5) is 5.69 Å². The van der Waals surface area contributed by atoms with Gasteiger partial charge in [0.1, 0.15) is 6.07 Å². The number of pyridine rings is 1. The largest absolute Gasteiger partial charge is 0.382 e. The van der Waals surface area contributed by atoms with Crippen LogP contribution in [-0.4, -0.2) is 11.5 Å². The zero-order valence-electron chi connectivity index (χ0n) is 7.33. The zero-order chi connectivity index (χ0) is 9.52. The SMILES string of the molecule is C=CCCNc1cnccc1C#N. The van der Waals surface area contributed by atoms with E-state index in [4.69, 9.17) is 5.26 Å². The molecule has 13 heavy (non-hydrogen) atoms. The van der Waals surface area contributed by atoms with E-state index in [1.54, 1.807) is 18.5 Å². The molecule has 0 saturated carbocycles. The molecule has 0 unspecified atom stereocenters. The van der Waals surface area contributed by atoms with Crippen LogP contribution in [0, 0.1) is 11.3 Å². The van der Waals surface area contributed by atoms with Gasteiger partial charge in [-0.25, -0.2) is 0 Å². The number of nitriles is 1. The molecule has 0 atom stereocenters. The van der Waals surface area contributed by atoms with Crippen LogP contribution in [0.2, 0.25) is 0 Å². The first kappa shape index (κ1) is 9.27. The third-order valence-corrected chi connectivity index (χ3v) is 1.61. The van der Waals surface area contributed by atoms with Crippen molar-refractivity contribution in [3.05, 3.63) is 36.7 Å². The van der Waals surface area contributed by atoms with Crippen LogP contribution in [0.5, 0.6) is 0 Å². The minimum absolute atomic E-state index is 0.624. The smallest absolute Gasteiger partial charge is 0.101 e. The summed E-state index contributed by atoms with van der Waals surface area (Å²) in [4.78, 5) is 3.93. The van der Waals surface area contributed by atoms with Crippen LogP contribution in [0.15, 0.2) is 31.1 Å². The van der Waals surface area contributed by atoms with E-state index in [2.05, 4.69) is 22.9 Å². The molecule has 3 heteroatoms. The molecule has 0 radical (unpaired) electrons. The first-order chi connectivity index (χ1) is 6.38. The summed E-state index contributed by atoms with van der Waals surface area (Å²) in [5.41, 5.74) is 1.41. The lowest BCUT2D eigenvalue weighted by atomic mass is 10.2. The molecule has 0 saturated heterocycles. The van der Waals surface area contributed by atoms with Gasteiger partial charge in [-0.2, -0.15) is 5.26 Å². The second kappa shape index (κ2) is 4.94. The highest BCUT2D eigenvalue weighted by Gasteiger charge is 1.98. The van der Waals surface area contributed by atoms with Gasteiger partial charge in [-0.1, -0.05) is 6.08 Å². The normalized spacial score (nSPS) is 8.85. The van der Waals surface area contributed by atoms with Crippen molar-refractivity contribution < 1.29 is 0 Å². The van der Waals surface area contributed by atoms with E-state index in [-0.39, 0.29) is 0 Å².